The fraction of sp³-hybridized carbons (Fsp3) is 0.500. The van der Waals surface area contributed by atoms with Gasteiger partial charge < -0.3 is 10.8 Å². The molecule has 1 aromatic carbocycles. The summed E-state index contributed by atoms with van der Waals surface area (Å²) in [4.78, 5) is 0. The van der Waals surface area contributed by atoms with Gasteiger partial charge in [-0.15, -0.1) is 0 Å². The monoisotopic (exact) mass is 309 g/mol. The molecule has 3 N–H and O–H groups in total. The Balaban J connectivity index is 3.21. The number of aliphatic hydroxyl groups excluding tert-OH is 1. The molecule has 19 heavy (non-hydrogen) atoms. The van der Waals surface area contributed by atoms with E-state index < -0.39 is 32.9 Å². The minimum absolute atomic E-state index is 0.0506. The first-order valence-electron chi connectivity index (χ1n) is 5.71. The molecule has 0 aromatic heterocycles. The number of aliphatic hydroxyl groups is 1. The minimum Gasteiger partial charge on any atom is -0.391 e. The van der Waals surface area contributed by atoms with Gasteiger partial charge in [0, 0.05) is 29.3 Å². The van der Waals surface area contributed by atoms with Crippen LogP contribution in [0.1, 0.15) is 18.4 Å². The highest BCUT2D eigenvalue weighted by molar-refractivity contribution is 7.91. The zero-order valence-corrected chi connectivity index (χ0v) is 12.2. The first-order chi connectivity index (χ1) is 8.70. The van der Waals surface area contributed by atoms with Crippen LogP contribution in [0.3, 0.4) is 0 Å². The average molecular weight is 310 g/mol. The van der Waals surface area contributed by atoms with E-state index in [9.17, 15) is 17.9 Å². The summed E-state index contributed by atoms with van der Waals surface area (Å²) >= 11 is 5.91. The molecular weight excluding hydrogens is 293 g/mol. The summed E-state index contributed by atoms with van der Waals surface area (Å²) in [6, 6.07) is 4.10. The van der Waals surface area contributed by atoms with Crippen LogP contribution < -0.4 is 5.73 Å². The molecule has 0 aliphatic heterocycles. The standard InChI is InChI=1S/C12H17ClFNO3S/c1-7(19(2,17)18)12(16)8(6-15)11-9(13)4-3-5-10(11)14/h3-5,7-8,12,16H,6,15H2,1-2H3. The third-order valence-electron chi connectivity index (χ3n) is 3.19. The molecule has 0 spiro atoms. The highest BCUT2D eigenvalue weighted by Crippen LogP contribution is 2.31. The first kappa shape index (κ1) is 16.4. The first-order valence-corrected chi connectivity index (χ1v) is 8.04. The van der Waals surface area contributed by atoms with E-state index >= 15 is 0 Å². The van der Waals surface area contributed by atoms with Crippen LogP contribution in [0, 0.1) is 5.82 Å². The molecule has 108 valence electrons. The summed E-state index contributed by atoms with van der Waals surface area (Å²) < 4.78 is 36.7. The van der Waals surface area contributed by atoms with Crippen LogP contribution >= 0.6 is 11.6 Å². The second kappa shape index (κ2) is 6.17. The van der Waals surface area contributed by atoms with Gasteiger partial charge in [-0.1, -0.05) is 17.7 Å². The van der Waals surface area contributed by atoms with E-state index in [4.69, 9.17) is 17.3 Å². The van der Waals surface area contributed by atoms with E-state index in [1.807, 2.05) is 0 Å². The molecule has 0 bridgehead atoms. The lowest BCUT2D eigenvalue weighted by Crippen LogP contribution is -2.39. The summed E-state index contributed by atoms with van der Waals surface area (Å²) in [6.45, 7) is 1.25. The SMILES string of the molecule is CC(C(O)C(CN)c1c(F)cccc1Cl)S(C)(=O)=O. The third-order valence-corrected chi connectivity index (χ3v) is 5.15. The molecule has 3 atom stereocenters. The zero-order valence-electron chi connectivity index (χ0n) is 10.7. The predicted octanol–water partition coefficient (Wildman–Crippen LogP) is 1.32. The molecule has 0 aliphatic carbocycles. The number of nitrogens with two attached hydrogens (primary N) is 1. The Morgan fingerprint density at radius 1 is 1.47 bits per heavy atom. The van der Waals surface area contributed by atoms with Crippen LogP contribution in [0.4, 0.5) is 4.39 Å². The average Bonchev–Trinajstić information content (AvgIpc) is 2.31. The van der Waals surface area contributed by atoms with Crippen LogP contribution in [0.5, 0.6) is 0 Å². The van der Waals surface area contributed by atoms with Gasteiger partial charge in [0.2, 0.25) is 0 Å². The Kier molecular flexibility index (Phi) is 5.32. The lowest BCUT2D eigenvalue weighted by Gasteiger charge is -2.27. The molecule has 0 aliphatic rings. The highest BCUT2D eigenvalue weighted by Gasteiger charge is 2.33. The van der Waals surface area contributed by atoms with E-state index in [-0.39, 0.29) is 17.1 Å². The molecular formula is C12H17ClFNO3S. The largest absolute Gasteiger partial charge is 0.391 e. The van der Waals surface area contributed by atoms with Gasteiger partial charge in [0.15, 0.2) is 9.84 Å². The van der Waals surface area contributed by atoms with Gasteiger partial charge in [0.25, 0.3) is 0 Å². The molecule has 1 rings (SSSR count). The van der Waals surface area contributed by atoms with E-state index in [1.54, 1.807) is 0 Å². The number of halogens is 2. The van der Waals surface area contributed by atoms with Crippen molar-refractivity contribution in [2.75, 3.05) is 12.8 Å². The molecule has 0 saturated carbocycles. The van der Waals surface area contributed by atoms with E-state index in [1.165, 1.54) is 25.1 Å². The molecule has 0 fully saturated rings. The minimum atomic E-state index is -3.46. The molecule has 7 heteroatoms. The van der Waals surface area contributed by atoms with Crippen molar-refractivity contribution in [1.29, 1.82) is 0 Å². The molecule has 0 radical (unpaired) electrons. The van der Waals surface area contributed by atoms with E-state index in [0.29, 0.717) is 0 Å². The topological polar surface area (TPSA) is 80.4 Å². The van der Waals surface area contributed by atoms with Gasteiger partial charge in [-0.2, -0.15) is 0 Å². The molecule has 4 nitrogen and oxygen atoms in total. The van der Waals surface area contributed by atoms with Gasteiger partial charge in [0.1, 0.15) is 5.82 Å². The second-order valence-electron chi connectivity index (χ2n) is 4.50. The summed E-state index contributed by atoms with van der Waals surface area (Å²) in [5, 5.41) is 9.19. The number of hydrogen-bond acceptors (Lipinski definition) is 4. The number of benzene rings is 1. The molecule has 3 unspecified atom stereocenters. The van der Waals surface area contributed by atoms with Crippen LogP contribution in [0.25, 0.3) is 0 Å². The molecule has 0 amide bonds. The van der Waals surface area contributed by atoms with Crippen molar-refractivity contribution in [2.24, 2.45) is 5.73 Å². The van der Waals surface area contributed by atoms with Crippen LogP contribution in [0.15, 0.2) is 18.2 Å². The predicted molar refractivity (Wildman–Crippen MR) is 73.5 cm³/mol. The third kappa shape index (κ3) is 3.66. The van der Waals surface area contributed by atoms with Gasteiger partial charge in [-0.3, -0.25) is 0 Å². The smallest absolute Gasteiger partial charge is 0.152 e. The Morgan fingerprint density at radius 2 is 2.05 bits per heavy atom. The maximum atomic E-state index is 13.8. The lowest BCUT2D eigenvalue weighted by atomic mass is 9.91. The van der Waals surface area contributed by atoms with Crippen molar-refractivity contribution in [3.05, 3.63) is 34.6 Å². The normalized spacial score (nSPS) is 16.9. The molecule has 0 saturated heterocycles. The van der Waals surface area contributed by atoms with E-state index in [0.717, 1.165) is 6.26 Å². The van der Waals surface area contributed by atoms with Crippen molar-refractivity contribution >= 4 is 21.4 Å². The Morgan fingerprint density at radius 3 is 2.47 bits per heavy atom. The van der Waals surface area contributed by atoms with Crippen molar-refractivity contribution in [3.63, 3.8) is 0 Å². The maximum Gasteiger partial charge on any atom is 0.152 e. The fourth-order valence-electron chi connectivity index (χ4n) is 1.87. The van der Waals surface area contributed by atoms with Crippen molar-refractivity contribution in [3.8, 4) is 0 Å². The van der Waals surface area contributed by atoms with Gasteiger partial charge in [-0.25, -0.2) is 12.8 Å². The second-order valence-corrected chi connectivity index (χ2v) is 7.31. The Bertz CT molecular complexity index is 530. The Hall–Kier alpha value is -0.690. The van der Waals surface area contributed by atoms with Gasteiger partial charge >= 0.3 is 0 Å². The quantitative estimate of drug-likeness (QED) is 0.859. The zero-order chi connectivity index (χ0) is 14.8. The van der Waals surface area contributed by atoms with Crippen LogP contribution in [0.2, 0.25) is 5.02 Å². The summed E-state index contributed by atoms with van der Waals surface area (Å²) in [7, 11) is -3.46. The summed E-state index contributed by atoms with van der Waals surface area (Å²) in [5.41, 5.74) is 5.60. The molecule has 1 aromatic rings. The molecule has 0 heterocycles. The van der Waals surface area contributed by atoms with Crippen LogP contribution in [-0.4, -0.2) is 37.7 Å². The van der Waals surface area contributed by atoms with Crippen molar-refractivity contribution in [2.45, 2.75) is 24.2 Å². The number of sulfone groups is 1. The lowest BCUT2D eigenvalue weighted by molar-refractivity contribution is 0.142. The summed E-state index contributed by atoms with van der Waals surface area (Å²) in [6.07, 6.45) is -0.313. The Labute approximate surface area is 117 Å². The number of hydrogen-bond donors (Lipinski definition) is 2. The fourth-order valence-corrected chi connectivity index (χ4v) is 2.87. The van der Waals surface area contributed by atoms with Crippen molar-refractivity contribution < 1.29 is 17.9 Å². The summed E-state index contributed by atoms with van der Waals surface area (Å²) in [5.74, 6) is -1.49. The number of rotatable bonds is 5. The van der Waals surface area contributed by atoms with Gasteiger partial charge in [0.05, 0.1) is 11.4 Å². The van der Waals surface area contributed by atoms with Gasteiger partial charge in [-0.05, 0) is 19.1 Å². The van der Waals surface area contributed by atoms with Crippen molar-refractivity contribution in [1.82, 2.24) is 0 Å². The van der Waals surface area contributed by atoms with Crippen LogP contribution in [-0.2, 0) is 9.84 Å². The maximum absolute atomic E-state index is 13.8. The highest BCUT2D eigenvalue weighted by atomic mass is 35.5. The van der Waals surface area contributed by atoms with E-state index in [2.05, 4.69) is 0 Å².